The van der Waals surface area contributed by atoms with Crippen LogP contribution < -0.4 is 5.32 Å². The summed E-state index contributed by atoms with van der Waals surface area (Å²) in [6.07, 6.45) is 0.0696. The van der Waals surface area contributed by atoms with Crippen LogP contribution in [0.2, 0.25) is 0 Å². The number of hydrogen-bond acceptors (Lipinski definition) is 6. The van der Waals surface area contributed by atoms with Gasteiger partial charge in [0.1, 0.15) is 6.54 Å². The van der Waals surface area contributed by atoms with Gasteiger partial charge in [0, 0.05) is 17.5 Å². The minimum absolute atomic E-state index is 0.0414. The molecule has 0 fully saturated rings. The number of fused-ring (bicyclic) bond motifs is 1. The molecule has 1 N–H and O–H groups in total. The number of thiazole rings is 1. The highest BCUT2D eigenvalue weighted by Gasteiger charge is 2.28. The van der Waals surface area contributed by atoms with Crippen LogP contribution in [0.1, 0.15) is 28.5 Å². The van der Waals surface area contributed by atoms with Crippen LogP contribution in [0.25, 0.3) is 0 Å². The number of ether oxygens (including phenoxy) is 1. The summed E-state index contributed by atoms with van der Waals surface area (Å²) >= 11 is 1.23. The average molecular weight is 359 g/mol. The lowest BCUT2D eigenvalue weighted by Crippen LogP contribution is -2.33. The summed E-state index contributed by atoms with van der Waals surface area (Å²) in [5.74, 6) is -0.822. The Balaban J connectivity index is 1.55. The first-order valence-corrected chi connectivity index (χ1v) is 8.72. The Morgan fingerprint density at radius 1 is 1.36 bits per heavy atom. The Morgan fingerprint density at radius 2 is 2.16 bits per heavy atom. The lowest BCUT2D eigenvalue weighted by molar-refractivity contribution is -0.142. The number of anilines is 1. The van der Waals surface area contributed by atoms with Crippen molar-refractivity contribution >= 4 is 34.3 Å². The second kappa shape index (κ2) is 7.43. The van der Waals surface area contributed by atoms with Crippen molar-refractivity contribution < 1.29 is 19.1 Å². The summed E-state index contributed by atoms with van der Waals surface area (Å²) in [6.45, 7) is 2.44. The van der Waals surface area contributed by atoms with E-state index in [9.17, 15) is 14.4 Å². The zero-order chi connectivity index (χ0) is 17.8. The highest BCUT2D eigenvalue weighted by atomic mass is 32.1. The normalized spacial score (nSPS) is 12.8. The van der Waals surface area contributed by atoms with E-state index < -0.39 is 0 Å². The molecule has 0 saturated heterocycles. The maximum Gasteiger partial charge on any atom is 0.311 e. The molecule has 130 valence electrons. The van der Waals surface area contributed by atoms with Crippen molar-refractivity contribution in [1.29, 1.82) is 0 Å². The second-order valence-electron chi connectivity index (χ2n) is 5.49. The third-order valence-corrected chi connectivity index (χ3v) is 4.47. The van der Waals surface area contributed by atoms with Gasteiger partial charge in [-0.2, -0.15) is 0 Å². The molecule has 0 saturated carbocycles. The van der Waals surface area contributed by atoms with Gasteiger partial charge >= 0.3 is 5.97 Å². The third kappa shape index (κ3) is 4.03. The minimum atomic E-state index is -0.355. The van der Waals surface area contributed by atoms with Gasteiger partial charge in [-0.1, -0.05) is 18.2 Å². The zero-order valence-corrected chi connectivity index (χ0v) is 14.5. The van der Waals surface area contributed by atoms with Gasteiger partial charge in [-0.25, -0.2) is 4.98 Å². The maximum absolute atomic E-state index is 12.3. The molecule has 0 bridgehead atoms. The molecule has 7 nitrogen and oxygen atoms in total. The van der Waals surface area contributed by atoms with Crippen LogP contribution in [0.3, 0.4) is 0 Å². The molecule has 2 aromatic rings. The molecule has 0 spiro atoms. The molecule has 3 rings (SSSR count). The Labute approximate surface area is 148 Å². The van der Waals surface area contributed by atoms with E-state index in [0.29, 0.717) is 29.5 Å². The standard InChI is InChI=1S/C17H17N3O4S/c1-2-24-15(22)7-12-10-25-17(18-12)19-14(21)9-20-8-11-5-3-4-6-13(11)16(20)23/h3-6,10H,2,7-9H2,1H3,(H,18,19,21). The fourth-order valence-electron chi connectivity index (χ4n) is 2.58. The Bertz CT molecular complexity index is 818. The molecule has 2 heterocycles. The lowest BCUT2D eigenvalue weighted by Gasteiger charge is -2.14. The fraction of sp³-hybridized carbons (Fsp3) is 0.294. The number of aromatic nitrogens is 1. The summed E-state index contributed by atoms with van der Waals surface area (Å²) in [5.41, 5.74) is 2.11. The van der Waals surface area contributed by atoms with E-state index in [1.165, 1.54) is 16.2 Å². The Morgan fingerprint density at radius 3 is 2.92 bits per heavy atom. The fourth-order valence-corrected chi connectivity index (χ4v) is 3.31. The SMILES string of the molecule is CCOC(=O)Cc1csc(NC(=O)CN2Cc3ccccc3C2=O)n1. The summed E-state index contributed by atoms with van der Waals surface area (Å²) in [7, 11) is 0. The first kappa shape index (κ1) is 17.1. The van der Waals surface area contributed by atoms with Crippen molar-refractivity contribution in [2.75, 3.05) is 18.5 Å². The first-order valence-electron chi connectivity index (χ1n) is 7.84. The van der Waals surface area contributed by atoms with Gasteiger partial charge < -0.3 is 15.0 Å². The summed E-state index contributed by atoms with van der Waals surface area (Å²) in [5, 5.41) is 4.76. The van der Waals surface area contributed by atoms with Crippen LogP contribution in [-0.4, -0.2) is 40.8 Å². The highest BCUT2D eigenvalue weighted by molar-refractivity contribution is 7.13. The number of carbonyl (C=O) groups is 3. The topological polar surface area (TPSA) is 88.6 Å². The van der Waals surface area contributed by atoms with Crippen LogP contribution >= 0.6 is 11.3 Å². The number of rotatable bonds is 6. The van der Waals surface area contributed by atoms with Crippen molar-refractivity contribution in [2.45, 2.75) is 19.9 Å². The van der Waals surface area contributed by atoms with Crippen molar-refractivity contribution in [1.82, 2.24) is 9.88 Å². The molecule has 25 heavy (non-hydrogen) atoms. The summed E-state index contributed by atoms with van der Waals surface area (Å²) in [6, 6.07) is 7.32. The van der Waals surface area contributed by atoms with E-state index in [1.54, 1.807) is 24.4 Å². The molecule has 0 radical (unpaired) electrons. The lowest BCUT2D eigenvalue weighted by atomic mass is 10.1. The molecule has 0 unspecified atom stereocenters. The third-order valence-electron chi connectivity index (χ3n) is 3.66. The van der Waals surface area contributed by atoms with Gasteiger partial charge in [0.15, 0.2) is 5.13 Å². The number of esters is 1. The molecule has 0 aliphatic carbocycles. The predicted octanol–water partition coefficient (Wildman–Crippen LogP) is 1.84. The van der Waals surface area contributed by atoms with Crippen molar-refractivity contribution in [3.05, 3.63) is 46.5 Å². The van der Waals surface area contributed by atoms with Gasteiger partial charge in [0.25, 0.3) is 5.91 Å². The van der Waals surface area contributed by atoms with E-state index in [-0.39, 0.29) is 30.7 Å². The highest BCUT2D eigenvalue weighted by Crippen LogP contribution is 2.22. The molecular formula is C17H17N3O4S. The van der Waals surface area contributed by atoms with Crippen LogP contribution in [0.15, 0.2) is 29.6 Å². The number of hydrogen-bond donors (Lipinski definition) is 1. The van der Waals surface area contributed by atoms with Crippen LogP contribution in [0, 0.1) is 0 Å². The largest absolute Gasteiger partial charge is 0.466 e. The monoisotopic (exact) mass is 359 g/mol. The molecule has 1 aliphatic heterocycles. The minimum Gasteiger partial charge on any atom is -0.466 e. The van der Waals surface area contributed by atoms with E-state index in [2.05, 4.69) is 10.3 Å². The number of benzene rings is 1. The van der Waals surface area contributed by atoms with Crippen LogP contribution in [0.4, 0.5) is 5.13 Å². The van der Waals surface area contributed by atoms with Gasteiger partial charge in [0.05, 0.1) is 18.7 Å². The average Bonchev–Trinajstić information content (AvgIpc) is 3.13. The smallest absolute Gasteiger partial charge is 0.311 e. The van der Waals surface area contributed by atoms with E-state index >= 15 is 0 Å². The molecule has 2 amide bonds. The zero-order valence-electron chi connectivity index (χ0n) is 13.7. The molecule has 0 atom stereocenters. The molecule has 1 aliphatic rings. The van der Waals surface area contributed by atoms with Crippen molar-refractivity contribution in [3.8, 4) is 0 Å². The maximum atomic E-state index is 12.3. The quantitative estimate of drug-likeness (QED) is 0.795. The number of carbonyl (C=O) groups excluding carboxylic acids is 3. The number of amides is 2. The first-order chi connectivity index (χ1) is 12.1. The van der Waals surface area contributed by atoms with Crippen LogP contribution in [-0.2, 0) is 27.3 Å². The van der Waals surface area contributed by atoms with Gasteiger partial charge in [-0.05, 0) is 18.6 Å². The van der Waals surface area contributed by atoms with Gasteiger partial charge in [-0.3, -0.25) is 14.4 Å². The van der Waals surface area contributed by atoms with E-state index in [1.807, 2.05) is 12.1 Å². The Kier molecular flexibility index (Phi) is 5.08. The van der Waals surface area contributed by atoms with E-state index in [0.717, 1.165) is 5.56 Å². The predicted molar refractivity (Wildman–Crippen MR) is 92.3 cm³/mol. The number of nitrogens with one attached hydrogen (secondary N) is 1. The molecule has 8 heteroatoms. The molecule has 1 aromatic carbocycles. The van der Waals surface area contributed by atoms with Crippen molar-refractivity contribution in [3.63, 3.8) is 0 Å². The Hall–Kier alpha value is -2.74. The molecular weight excluding hydrogens is 342 g/mol. The molecule has 1 aromatic heterocycles. The summed E-state index contributed by atoms with van der Waals surface area (Å²) in [4.78, 5) is 41.5. The van der Waals surface area contributed by atoms with Crippen molar-refractivity contribution in [2.24, 2.45) is 0 Å². The summed E-state index contributed by atoms with van der Waals surface area (Å²) < 4.78 is 4.86. The van der Waals surface area contributed by atoms with Gasteiger partial charge in [-0.15, -0.1) is 11.3 Å². The van der Waals surface area contributed by atoms with Gasteiger partial charge in [0.2, 0.25) is 5.91 Å². The van der Waals surface area contributed by atoms with E-state index in [4.69, 9.17) is 4.74 Å². The van der Waals surface area contributed by atoms with Crippen LogP contribution in [0.5, 0.6) is 0 Å². The number of nitrogens with zero attached hydrogens (tertiary/aromatic N) is 2. The second-order valence-corrected chi connectivity index (χ2v) is 6.35.